The van der Waals surface area contributed by atoms with Crippen molar-refractivity contribution in [3.8, 4) is 5.75 Å². The zero-order valence-electron chi connectivity index (χ0n) is 11.5. The fourth-order valence-corrected chi connectivity index (χ4v) is 1.52. The van der Waals surface area contributed by atoms with Gasteiger partial charge in [0.05, 0.1) is 0 Å². The fraction of sp³-hybridized carbons (Fsp3) is 0.500. The molecular formula is C14H20FNO3. The molecule has 1 aromatic carbocycles. The zero-order valence-corrected chi connectivity index (χ0v) is 11.5. The number of rotatable bonds is 7. The van der Waals surface area contributed by atoms with Crippen molar-refractivity contribution in [1.82, 2.24) is 5.32 Å². The number of carbonyl (C=O) groups is 1. The third-order valence-electron chi connectivity index (χ3n) is 2.58. The van der Waals surface area contributed by atoms with Gasteiger partial charge in [-0.15, -0.1) is 0 Å². The number of amides is 1. The second-order valence-corrected chi connectivity index (χ2v) is 4.33. The van der Waals surface area contributed by atoms with Crippen molar-refractivity contribution < 1.29 is 18.7 Å². The summed E-state index contributed by atoms with van der Waals surface area (Å²) in [7, 11) is 1.61. The summed E-state index contributed by atoms with van der Waals surface area (Å²) < 4.78 is 23.7. The molecule has 1 rings (SSSR count). The molecule has 1 N–H and O–H groups in total. The summed E-state index contributed by atoms with van der Waals surface area (Å²) in [5, 5.41) is 2.71. The van der Waals surface area contributed by atoms with Crippen LogP contribution >= 0.6 is 0 Å². The van der Waals surface area contributed by atoms with Crippen LogP contribution in [-0.2, 0) is 9.53 Å². The Morgan fingerprint density at radius 1 is 1.47 bits per heavy atom. The van der Waals surface area contributed by atoms with Crippen LogP contribution in [-0.4, -0.2) is 32.3 Å². The molecular weight excluding hydrogens is 249 g/mol. The molecule has 0 aromatic heterocycles. The van der Waals surface area contributed by atoms with E-state index >= 15 is 0 Å². The quantitative estimate of drug-likeness (QED) is 0.771. The molecule has 0 bridgehead atoms. The lowest BCUT2D eigenvalue weighted by atomic mass is 10.2. The Morgan fingerprint density at radius 2 is 2.21 bits per heavy atom. The highest BCUT2D eigenvalue weighted by Gasteiger charge is 2.16. The molecule has 1 atom stereocenters. The summed E-state index contributed by atoms with van der Waals surface area (Å²) in [5.74, 6) is -0.638. The van der Waals surface area contributed by atoms with E-state index in [4.69, 9.17) is 9.47 Å². The maximum atomic E-state index is 13.5. The summed E-state index contributed by atoms with van der Waals surface area (Å²) >= 11 is 0. The van der Waals surface area contributed by atoms with Crippen LogP contribution in [0, 0.1) is 12.7 Å². The first-order valence-corrected chi connectivity index (χ1v) is 6.24. The fourth-order valence-electron chi connectivity index (χ4n) is 1.52. The molecule has 0 aliphatic carbocycles. The van der Waals surface area contributed by atoms with Gasteiger partial charge < -0.3 is 14.8 Å². The van der Waals surface area contributed by atoms with Crippen molar-refractivity contribution in [1.29, 1.82) is 0 Å². The highest BCUT2D eigenvalue weighted by molar-refractivity contribution is 5.80. The molecule has 0 aliphatic heterocycles. The average Bonchev–Trinajstić information content (AvgIpc) is 2.38. The van der Waals surface area contributed by atoms with Crippen LogP contribution in [0.25, 0.3) is 0 Å². The number of carbonyl (C=O) groups excluding carboxylic acids is 1. The normalized spacial score (nSPS) is 12.0. The first-order chi connectivity index (χ1) is 9.04. The highest BCUT2D eigenvalue weighted by Crippen LogP contribution is 2.19. The molecule has 0 fully saturated rings. The van der Waals surface area contributed by atoms with Gasteiger partial charge in [-0.1, -0.05) is 6.07 Å². The van der Waals surface area contributed by atoms with Crippen molar-refractivity contribution in [3.63, 3.8) is 0 Å². The minimum absolute atomic E-state index is 0.0968. The van der Waals surface area contributed by atoms with E-state index in [2.05, 4.69) is 5.32 Å². The molecule has 0 saturated heterocycles. The summed E-state index contributed by atoms with van der Waals surface area (Å²) in [6.07, 6.45) is -0.00725. The molecule has 1 aromatic rings. The predicted octanol–water partition coefficient (Wildman–Crippen LogP) is 2.05. The monoisotopic (exact) mass is 269 g/mol. The Bertz CT molecular complexity index is 423. The van der Waals surface area contributed by atoms with E-state index < -0.39 is 11.9 Å². The molecule has 0 aliphatic rings. The molecule has 5 heteroatoms. The summed E-state index contributed by atoms with van der Waals surface area (Å²) in [6, 6.07) is 4.55. The summed E-state index contributed by atoms with van der Waals surface area (Å²) in [5.41, 5.74) is 0.879. The molecule has 4 nitrogen and oxygen atoms in total. The summed E-state index contributed by atoms with van der Waals surface area (Å²) in [4.78, 5) is 11.7. The lowest BCUT2D eigenvalue weighted by molar-refractivity contribution is -0.127. The smallest absolute Gasteiger partial charge is 0.260 e. The maximum absolute atomic E-state index is 13.5. The van der Waals surface area contributed by atoms with E-state index in [0.717, 1.165) is 12.0 Å². The summed E-state index contributed by atoms with van der Waals surface area (Å²) in [6.45, 7) is 4.52. The molecule has 0 saturated carbocycles. The van der Waals surface area contributed by atoms with Crippen molar-refractivity contribution in [2.24, 2.45) is 0 Å². The standard InChI is InChI=1S/C14H20FNO3/c1-10-5-6-12(15)13(9-10)19-11(2)14(17)16-7-4-8-18-3/h5-6,9,11H,4,7-8H2,1-3H3,(H,16,17). The van der Waals surface area contributed by atoms with Crippen LogP contribution in [0.2, 0.25) is 0 Å². The highest BCUT2D eigenvalue weighted by atomic mass is 19.1. The lowest BCUT2D eigenvalue weighted by Gasteiger charge is -2.15. The van der Waals surface area contributed by atoms with E-state index in [1.807, 2.05) is 6.92 Å². The zero-order chi connectivity index (χ0) is 14.3. The van der Waals surface area contributed by atoms with Gasteiger partial charge >= 0.3 is 0 Å². The third-order valence-corrected chi connectivity index (χ3v) is 2.58. The van der Waals surface area contributed by atoms with Gasteiger partial charge in [-0.2, -0.15) is 0 Å². The second-order valence-electron chi connectivity index (χ2n) is 4.33. The Kier molecular flexibility index (Phi) is 6.29. The molecule has 0 spiro atoms. The van der Waals surface area contributed by atoms with Crippen LogP contribution in [0.5, 0.6) is 5.75 Å². The number of hydrogen-bond donors (Lipinski definition) is 1. The Hall–Kier alpha value is -1.62. The third kappa shape index (κ3) is 5.26. The van der Waals surface area contributed by atoms with Gasteiger partial charge in [0, 0.05) is 20.3 Å². The first kappa shape index (κ1) is 15.4. The Morgan fingerprint density at radius 3 is 2.89 bits per heavy atom. The second kappa shape index (κ2) is 7.74. The number of halogens is 1. The van der Waals surface area contributed by atoms with Crippen LogP contribution < -0.4 is 10.1 Å². The average molecular weight is 269 g/mol. The van der Waals surface area contributed by atoms with Crippen LogP contribution in [0.15, 0.2) is 18.2 Å². The maximum Gasteiger partial charge on any atom is 0.260 e. The van der Waals surface area contributed by atoms with Crippen LogP contribution in [0.1, 0.15) is 18.9 Å². The molecule has 1 amide bonds. The van der Waals surface area contributed by atoms with E-state index in [9.17, 15) is 9.18 Å². The largest absolute Gasteiger partial charge is 0.478 e. The van der Waals surface area contributed by atoms with Crippen molar-refractivity contribution >= 4 is 5.91 Å². The van der Waals surface area contributed by atoms with Gasteiger partial charge in [0.25, 0.3) is 5.91 Å². The number of hydrogen-bond acceptors (Lipinski definition) is 3. The SMILES string of the molecule is COCCCNC(=O)C(C)Oc1cc(C)ccc1F. The van der Waals surface area contributed by atoms with Gasteiger partial charge in [-0.25, -0.2) is 4.39 Å². The van der Waals surface area contributed by atoms with Crippen LogP contribution in [0.4, 0.5) is 4.39 Å². The number of nitrogens with one attached hydrogen (secondary N) is 1. The predicted molar refractivity (Wildman–Crippen MR) is 70.7 cm³/mol. The van der Waals surface area contributed by atoms with Crippen molar-refractivity contribution in [2.45, 2.75) is 26.4 Å². The number of aryl methyl sites for hydroxylation is 1. The van der Waals surface area contributed by atoms with Crippen LogP contribution in [0.3, 0.4) is 0 Å². The molecule has 106 valence electrons. The topological polar surface area (TPSA) is 47.6 Å². The van der Waals surface area contributed by atoms with Gasteiger partial charge in [0.15, 0.2) is 17.7 Å². The number of ether oxygens (including phenoxy) is 2. The molecule has 0 heterocycles. The minimum Gasteiger partial charge on any atom is -0.478 e. The van der Waals surface area contributed by atoms with E-state index in [1.54, 1.807) is 26.2 Å². The lowest BCUT2D eigenvalue weighted by Crippen LogP contribution is -2.37. The number of benzene rings is 1. The van der Waals surface area contributed by atoms with E-state index in [1.165, 1.54) is 6.07 Å². The minimum atomic E-state index is -0.737. The van der Waals surface area contributed by atoms with Gasteiger partial charge in [-0.05, 0) is 38.0 Å². The van der Waals surface area contributed by atoms with Crippen molar-refractivity contribution in [3.05, 3.63) is 29.6 Å². The Labute approximate surface area is 112 Å². The Balaban J connectivity index is 2.47. The molecule has 0 radical (unpaired) electrons. The first-order valence-electron chi connectivity index (χ1n) is 6.24. The van der Waals surface area contributed by atoms with E-state index in [0.29, 0.717) is 13.2 Å². The number of methoxy groups -OCH3 is 1. The van der Waals surface area contributed by atoms with Gasteiger partial charge in [0.2, 0.25) is 0 Å². The molecule has 1 unspecified atom stereocenters. The molecule has 19 heavy (non-hydrogen) atoms. The van der Waals surface area contributed by atoms with E-state index in [-0.39, 0.29) is 11.7 Å². The van der Waals surface area contributed by atoms with Gasteiger partial charge in [0.1, 0.15) is 0 Å². The van der Waals surface area contributed by atoms with Crippen molar-refractivity contribution in [2.75, 3.05) is 20.3 Å². The van der Waals surface area contributed by atoms with Gasteiger partial charge in [-0.3, -0.25) is 4.79 Å².